The maximum absolute atomic E-state index is 14.4. The first-order valence-corrected chi connectivity index (χ1v) is 22.0. The van der Waals surface area contributed by atoms with E-state index >= 15 is 0 Å². The Labute approximate surface area is 340 Å². The highest BCUT2D eigenvalue weighted by atomic mass is 16.2. The number of fused-ring (bicyclic) bond motifs is 10. The van der Waals surface area contributed by atoms with Gasteiger partial charge in [-0.1, -0.05) is 65.8 Å². The van der Waals surface area contributed by atoms with Crippen molar-refractivity contribution in [2.75, 3.05) is 13.1 Å². The Kier molecular flexibility index (Phi) is 8.12. The zero-order valence-electron chi connectivity index (χ0n) is 34.8. The minimum absolute atomic E-state index is 0.0782. The van der Waals surface area contributed by atoms with Gasteiger partial charge in [-0.2, -0.15) is 0 Å². The van der Waals surface area contributed by atoms with Crippen molar-refractivity contribution < 1.29 is 38.4 Å². The van der Waals surface area contributed by atoms with Crippen LogP contribution < -0.4 is 0 Å². The van der Waals surface area contributed by atoms with Gasteiger partial charge < -0.3 is 0 Å². The molecule has 12 heteroatoms. The second kappa shape index (κ2) is 12.3. The number of carbonyl (C=O) groups is 8. The van der Waals surface area contributed by atoms with E-state index in [0.717, 1.165) is 12.8 Å². The summed E-state index contributed by atoms with van der Waals surface area (Å²) in [4.78, 5) is 117. The molecule has 14 atom stereocenters. The number of nitrogens with zero attached hydrogens (tertiary/aromatic N) is 4. The molecular weight excluding hydrogens is 737 g/mol. The molecule has 10 aliphatic rings. The number of hydrogen-bond donors (Lipinski definition) is 0. The van der Waals surface area contributed by atoms with Crippen molar-refractivity contribution in [1.29, 1.82) is 0 Å². The van der Waals surface area contributed by atoms with Crippen LogP contribution in [0.15, 0.2) is 24.3 Å². The first-order chi connectivity index (χ1) is 27.2. The molecule has 8 fully saturated rings. The highest BCUT2D eigenvalue weighted by Crippen LogP contribution is 2.57. The molecule has 14 unspecified atom stereocenters. The van der Waals surface area contributed by atoms with E-state index in [9.17, 15) is 38.4 Å². The molecule has 310 valence electrons. The van der Waals surface area contributed by atoms with Gasteiger partial charge in [-0.05, 0) is 96.7 Å². The molecule has 58 heavy (non-hydrogen) atoms. The molecule has 4 heterocycles. The van der Waals surface area contributed by atoms with E-state index in [1.807, 2.05) is 6.92 Å². The number of rotatable bonds is 7. The van der Waals surface area contributed by atoms with Gasteiger partial charge >= 0.3 is 0 Å². The summed E-state index contributed by atoms with van der Waals surface area (Å²) in [6.07, 6.45) is 13.3. The molecule has 4 saturated heterocycles. The van der Waals surface area contributed by atoms with E-state index in [1.165, 1.54) is 14.7 Å². The van der Waals surface area contributed by atoms with Crippen LogP contribution in [0.25, 0.3) is 0 Å². The molecule has 6 aliphatic carbocycles. The number of carbonyl (C=O) groups excluding carboxylic acids is 8. The third-order valence-electron chi connectivity index (χ3n) is 16.7. The molecule has 10 rings (SSSR count). The van der Waals surface area contributed by atoms with Crippen LogP contribution in [0.4, 0.5) is 0 Å². The number of likely N-dealkylation sites (tertiary alicyclic amines) is 4. The molecule has 4 aliphatic heterocycles. The number of amides is 8. The molecule has 12 nitrogen and oxygen atoms in total. The van der Waals surface area contributed by atoms with Crippen molar-refractivity contribution in [3.05, 3.63) is 24.3 Å². The van der Waals surface area contributed by atoms with E-state index in [4.69, 9.17) is 0 Å². The van der Waals surface area contributed by atoms with Gasteiger partial charge in [0.05, 0.1) is 35.5 Å². The SMILES string of the molecule is CC1(C)CC(N2C(=O)C3C4C=CC(C4)C3C2=O)CC(C)(CN2C(=O)CC(C3CC(=O)N(C4CC(C)(C)CC(C)(CN5C(=O)C6C7C=CC(C7)C6C5=O)C4)C3=O)C2=O)C1. The second-order valence-corrected chi connectivity index (χ2v) is 22.8. The Balaban J connectivity index is 0.829. The lowest BCUT2D eigenvalue weighted by atomic mass is 9.62. The summed E-state index contributed by atoms with van der Waals surface area (Å²) in [5.74, 6) is -4.47. The summed E-state index contributed by atoms with van der Waals surface area (Å²) in [5.41, 5.74) is -1.66. The van der Waals surface area contributed by atoms with Gasteiger partial charge in [0, 0.05) is 38.0 Å². The summed E-state index contributed by atoms with van der Waals surface area (Å²) in [5, 5.41) is 0. The maximum atomic E-state index is 14.4. The van der Waals surface area contributed by atoms with Crippen LogP contribution >= 0.6 is 0 Å². The quantitative estimate of drug-likeness (QED) is 0.270. The van der Waals surface area contributed by atoms with Gasteiger partial charge in [-0.15, -0.1) is 0 Å². The van der Waals surface area contributed by atoms with Crippen molar-refractivity contribution >= 4 is 47.3 Å². The monoisotopic (exact) mass is 794 g/mol. The lowest BCUT2D eigenvalue weighted by Crippen LogP contribution is -2.53. The van der Waals surface area contributed by atoms with Crippen molar-refractivity contribution in [3.63, 3.8) is 0 Å². The van der Waals surface area contributed by atoms with Crippen LogP contribution in [0.1, 0.15) is 106 Å². The maximum Gasteiger partial charge on any atom is 0.233 e. The van der Waals surface area contributed by atoms with Crippen molar-refractivity contribution in [2.24, 2.45) is 80.8 Å². The van der Waals surface area contributed by atoms with Gasteiger partial charge in [-0.25, -0.2) is 0 Å². The Morgan fingerprint density at radius 3 is 1.34 bits per heavy atom. The fourth-order valence-corrected chi connectivity index (χ4v) is 15.5. The molecule has 0 N–H and O–H groups in total. The zero-order valence-corrected chi connectivity index (χ0v) is 34.8. The van der Waals surface area contributed by atoms with E-state index in [0.29, 0.717) is 38.5 Å². The first kappa shape index (κ1) is 38.3. The fourth-order valence-electron chi connectivity index (χ4n) is 15.5. The topological polar surface area (TPSA) is 150 Å². The highest BCUT2D eigenvalue weighted by Gasteiger charge is 2.63. The summed E-state index contributed by atoms with van der Waals surface area (Å²) in [6.45, 7) is 12.9. The molecule has 4 bridgehead atoms. The average molecular weight is 795 g/mol. The average Bonchev–Trinajstić information content (AvgIpc) is 3.99. The Morgan fingerprint density at radius 1 is 0.466 bits per heavy atom. The van der Waals surface area contributed by atoms with Crippen LogP contribution in [-0.2, 0) is 38.4 Å². The third-order valence-corrected chi connectivity index (χ3v) is 16.7. The predicted octanol–water partition coefficient (Wildman–Crippen LogP) is 4.52. The largest absolute Gasteiger partial charge is 0.282 e. The standard InChI is InChI=1S/C46H58N4O8/c1-43(2)15-27(17-46(6,20-43)22-48-39(55)33-23-7-8-24(11-23)34(33)40(48)56)49-32(52)14-30(38(49)54)29-13-31(51)47(37(29)53)21-45(5)18-28(16-44(3,4)19-45)50-41(57)35-25-9-10-26(12-25)36(35)42(50)58/h7-10,23-30,33-36H,11-22H2,1-6H3. The molecule has 0 aromatic rings. The molecule has 4 saturated carbocycles. The normalized spacial score (nSPS) is 46.0. The zero-order chi connectivity index (χ0) is 41.2. The summed E-state index contributed by atoms with van der Waals surface area (Å²) >= 11 is 0. The molecule has 0 spiro atoms. The molecular formula is C46H58N4O8. The minimum atomic E-state index is -0.944. The molecule has 0 aromatic heterocycles. The molecule has 8 amide bonds. The van der Waals surface area contributed by atoms with Crippen molar-refractivity contribution in [2.45, 2.75) is 118 Å². The van der Waals surface area contributed by atoms with E-state index in [2.05, 4.69) is 58.9 Å². The first-order valence-electron chi connectivity index (χ1n) is 22.0. The summed E-state index contributed by atoms with van der Waals surface area (Å²) < 4.78 is 0. The van der Waals surface area contributed by atoms with Gasteiger partial charge in [0.1, 0.15) is 0 Å². The Bertz CT molecular complexity index is 1980. The van der Waals surface area contributed by atoms with E-state index < -0.39 is 40.5 Å². The second-order valence-electron chi connectivity index (χ2n) is 22.8. The van der Waals surface area contributed by atoms with Crippen LogP contribution in [0.2, 0.25) is 0 Å². The van der Waals surface area contributed by atoms with E-state index in [-0.39, 0.29) is 126 Å². The van der Waals surface area contributed by atoms with Crippen LogP contribution in [0.5, 0.6) is 0 Å². The lowest BCUT2D eigenvalue weighted by molar-refractivity contribution is -0.151. The fraction of sp³-hybridized carbons (Fsp3) is 0.739. The van der Waals surface area contributed by atoms with Crippen molar-refractivity contribution in [1.82, 2.24) is 19.6 Å². The number of allylic oxidation sites excluding steroid dienone is 4. The minimum Gasteiger partial charge on any atom is -0.282 e. The molecule has 0 aromatic carbocycles. The van der Waals surface area contributed by atoms with Crippen molar-refractivity contribution in [3.8, 4) is 0 Å². The predicted molar refractivity (Wildman–Crippen MR) is 208 cm³/mol. The highest BCUT2D eigenvalue weighted by molar-refractivity contribution is 6.10. The summed E-state index contributed by atoms with van der Waals surface area (Å²) in [7, 11) is 0. The van der Waals surface area contributed by atoms with Gasteiger partial charge in [-0.3, -0.25) is 58.0 Å². The number of imide groups is 4. The Hall–Kier alpha value is -3.96. The van der Waals surface area contributed by atoms with Crippen LogP contribution in [-0.4, -0.2) is 92.0 Å². The third kappa shape index (κ3) is 5.57. The Morgan fingerprint density at radius 2 is 0.862 bits per heavy atom. The molecule has 0 radical (unpaired) electrons. The van der Waals surface area contributed by atoms with Gasteiger partial charge in [0.2, 0.25) is 47.3 Å². The van der Waals surface area contributed by atoms with Gasteiger partial charge in [0.15, 0.2) is 0 Å². The number of hydrogen-bond acceptors (Lipinski definition) is 8. The van der Waals surface area contributed by atoms with Crippen LogP contribution in [0.3, 0.4) is 0 Å². The van der Waals surface area contributed by atoms with Gasteiger partial charge in [0.25, 0.3) is 0 Å². The van der Waals surface area contributed by atoms with Crippen LogP contribution in [0, 0.1) is 80.8 Å². The lowest BCUT2D eigenvalue weighted by Gasteiger charge is -2.49. The van der Waals surface area contributed by atoms with E-state index in [1.54, 1.807) is 4.90 Å². The smallest absolute Gasteiger partial charge is 0.233 e. The summed E-state index contributed by atoms with van der Waals surface area (Å²) in [6, 6.07) is -0.794.